The van der Waals surface area contributed by atoms with Crippen LogP contribution in [-0.4, -0.2) is 4.98 Å². The van der Waals surface area contributed by atoms with Crippen molar-refractivity contribution in [1.29, 1.82) is 0 Å². The summed E-state index contributed by atoms with van der Waals surface area (Å²) in [6.45, 7) is 4.03. The number of pyridine rings is 1. The predicted octanol–water partition coefficient (Wildman–Crippen LogP) is 6.48. The van der Waals surface area contributed by atoms with Crippen molar-refractivity contribution >= 4 is 11.6 Å². The van der Waals surface area contributed by atoms with Gasteiger partial charge in [-0.1, -0.05) is 24.6 Å². The van der Waals surface area contributed by atoms with E-state index in [0.717, 1.165) is 11.6 Å². The molecule has 0 unspecified atom stereocenters. The lowest BCUT2D eigenvalue weighted by atomic mass is 10.1. The van der Waals surface area contributed by atoms with E-state index in [0.29, 0.717) is 36.3 Å². The summed E-state index contributed by atoms with van der Waals surface area (Å²) in [6, 6.07) is 9.51. The van der Waals surface area contributed by atoms with E-state index < -0.39 is 11.7 Å². The van der Waals surface area contributed by atoms with Crippen molar-refractivity contribution in [2.24, 2.45) is 0 Å². The minimum absolute atomic E-state index is 0.122. The van der Waals surface area contributed by atoms with Gasteiger partial charge in [-0.25, -0.2) is 4.98 Å². The van der Waals surface area contributed by atoms with Gasteiger partial charge in [-0.2, -0.15) is 13.2 Å². The molecule has 0 N–H and O–H groups in total. The zero-order valence-corrected chi connectivity index (χ0v) is 15.4. The lowest BCUT2D eigenvalue weighted by molar-refractivity contribution is -0.137. The molecule has 0 saturated carbocycles. The van der Waals surface area contributed by atoms with Crippen molar-refractivity contribution in [2.45, 2.75) is 25.6 Å². The van der Waals surface area contributed by atoms with Crippen LogP contribution in [0.25, 0.3) is 0 Å². The van der Waals surface area contributed by atoms with E-state index in [9.17, 15) is 13.2 Å². The molecule has 0 aliphatic rings. The van der Waals surface area contributed by atoms with E-state index in [1.165, 1.54) is 0 Å². The summed E-state index contributed by atoms with van der Waals surface area (Å²) in [7, 11) is 0. The van der Waals surface area contributed by atoms with E-state index >= 15 is 0 Å². The van der Waals surface area contributed by atoms with Gasteiger partial charge in [-0.15, -0.1) is 0 Å². The van der Waals surface area contributed by atoms with Crippen molar-refractivity contribution < 1.29 is 27.1 Å². The fourth-order valence-corrected chi connectivity index (χ4v) is 2.63. The summed E-state index contributed by atoms with van der Waals surface area (Å²) in [5.41, 5.74) is -0.142. The standard InChI is InChI=1S/C20H16ClF3NO3/c1-2-4-13-6-7-15(27-12-16-5-3-8-26-16)10-18(13)28-19-17(21)9-14(11-25-19)20(22,23)24/h3,5-11H,1-2,4,12H2. The average molecular weight is 411 g/mol. The first-order valence-corrected chi connectivity index (χ1v) is 8.72. The maximum Gasteiger partial charge on any atom is 0.417 e. The smallest absolute Gasteiger partial charge is 0.417 e. The van der Waals surface area contributed by atoms with Gasteiger partial charge >= 0.3 is 6.18 Å². The molecule has 1 radical (unpaired) electrons. The molecule has 0 bridgehead atoms. The molecular weight excluding hydrogens is 395 g/mol. The van der Waals surface area contributed by atoms with Gasteiger partial charge in [0.25, 0.3) is 0 Å². The lowest BCUT2D eigenvalue weighted by Crippen LogP contribution is -2.06. The normalized spacial score (nSPS) is 11.5. The molecule has 3 rings (SSSR count). The fraction of sp³-hybridized carbons (Fsp3) is 0.200. The van der Waals surface area contributed by atoms with Crippen molar-refractivity contribution in [1.82, 2.24) is 4.98 Å². The van der Waals surface area contributed by atoms with Crippen LogP contribution in [0.2, 0.25) is 5.02 Å². The summed E-state index contributed by atoms with van der Waals surface area (Å²) in [5, 5.41) is -0.239. The summed E-state index contributed by atoms with van der Waals surface area (Å²) >= 11 is 5.94. The van der Waals surface area contributed by atoms with Gasteiger partial charge in [0.15, 0.2) is 0 Å². The number of benzene rings is 1. The first-order valence-electron chi connectivity index (χ1n) is 8.35. The van der Waals surface area contributed by atoms with Crippen molar-refractivity contribution in [3.8, 4) is 17.4 Å². The number of ether oxygens (including phenoxy) is 2. The van der Waals surface area contributed by atoms with Gasteiger partial charge in [-0.3, -0.25) is 0 Å². The third kappa shape index (κ3) is 4.98. The third-order valence-electron chi connectivity index (χ3n) is 3.79. The summed E-state index contributed by atoms with van der Waals surface area (Å²) in [5.74, 6) is 1.41. The lowest BCUT2D eigenvalue weighted by Gasteiger charge is -2.14. The Morgan fingerprint density at radius 3 is 2.64 bits per heavy atom. The summed E-state index contributed by atoms with van der Waals surface area (Å²) < 4.78 is 54.9. The van der Waals surface area contributed by atoms with Gasteiger partial charge in [0.1, 0.15) is 28.9 Å². The van der Waals surface area contributed by atoms with E-state index in [1.807, 2.05) is 0 Å². The van der Waals surface area contributed by atoms with Crippen LogP contribution in [-0.2, 0) is 19.2 Å². The Bertz CT molecular complexity index is 927. The monoisotopic (exact) mass is 410 g/mol. The van der Waals surface area contributed by atoms with Crippen molar-refractivity contribution in [3.05, 3.63) is 77.7 Å². The highest BCUT2D eigenvalue weighted by atomic mass is 35.5. The second kappa shape index (κ2) is 8.56. The number of nitrogens with zero attached hydrogens (tertiary/aromatic N) is 1. The van der Waals surface area contributed by atoms with E-state index in [1.54, 1.807) is 36.6 Å². The molecule has 0 spiro atoms. The third-order valence-corrected chi connectivity index (χ3v) is 4.06. The number of aryl methyl sites for hydroxylation is 1. The highest BCUT2D eigenvalue weighted by Gasteiger charge is 2.31. The second-order valence-corrected chi connectivity index (χ2v) is 6.26. The molecule has 0 fully saturated rings. The van der Waals surface area contributed by atoms with E-state index in [4.69, 9.17) is 25.5 Å². The molecule has 2 heterocycles. The predicted molar refractivity (Wildman–Crippen MR) is 97.5 cm³/mol. The van der Waals surface area contributed by atoms with Crippen LogP contribution in [0.4, 0.5) is 13.2 Å². The van der Waals surface area contributed by atoms with Gasteiger partial charge in [-0.05, 0) is 42.7 Å². The minimum Gasteiger partial charge on any atom is -0.486 e. The number of hydrogen-bond donors (Lipinski definition) is 0. The second-order valence-electron chi connectivity index (χ2n) is 5.85. The maximum atomic E-state index is 12.8. The van der Waals surface area contributed by atoms with Crippen LogP contribution < -0.4 is 9.47 Å². The highest BCUT2D eigenvalue weighted by Crippen LogP contribution is 2.36. The molecule has 4 nitrogen and oxygen atoms in total. The zero-order chi connectivity index (χ0) is 20.1. The molecule has 2 aromatic heterocycles. The molecular formula is C20H16ClF3NO3. The maximum absolute atomic E-state index is 12.8. The number of halogens is 4. The SMILES string of the molecule is [CH2]CCc1ccc(OCc2ccco2)cc1Oc1ncc(C(F)(F)F)cc1Cl. The number of aromatic nitrogens is 1. The van der Waals surface area contributed by atoms with Crippen LogP contribution in [0, 0.1) is 6.92 Å². The molecule has 0 amide bonds. The largest absolute Gasteiger partial charge is 0.486 e. The van der Waals surface area contributed by atoms with Gasteiger partial charge in [0.2, 0.25) is 5.88 Å². The molecule has 3 aromatic rings. The summed E-state index contributed by atoms with van der Waals surface area (Å²) in [6.07, 6.45) is -1.10. The Labute approximate surface area is 164 Å². The highest BCUT2D eigenvalue weighted by molar-refractivity contribution is 6.31. The Hall–Kier alpha value is -2.67. The number of furan rings is 1. The number of rotatable bonds is 7. The van der Waals surface area contributed by atoms with Gasteiger partial charge in [0, 0.05) is 12.3 Å². The van der Waals surface area contributed by atoms with Gasteiger partial charge < -0.3 is 13.9 Å². The molecule has 0 saturated heterocycles. The zero-order valence-electron chi connectivity index (χ0n) is 14.6. The molecule has 0 aliphatic carbocycles. The molecule has 28 heavy (non-hydrogen) atoms. The van der Waals surface area contributed by atoms with Crippen LogP contribution in [0.5, 0.6) is 17.4 Å². The van der Waals surface area contributed by atoms with E-state index in [-0.39, 0.29) is 17.5 Å². The number of alkyl halides is 3. The van der Waals surface area contributed by atoms with Gasteiger partial charge in [0.05, 0.1) is 11.8 Å². The average Bonchev–Trinajstić information content (AvgIpc) is 3.16. The first-order chi connectivity index (χ1) is 13.4. The fourth-order valence-electron chi connectivity index (χ4n) is 2.43. The first kappa shape index (κ1) is 20.1. The quantitative estimate of drug-likeness (QED) is 0.447. The molecule has 0 aliphatic heterocycles. The van der Waals surface area contributed by atoms with E-state index in [2.05, 4.69) is 11.9 Å². The molecule has 8 heteroatoms. The molecule has 1 aromatic carbocycles. The van der Waals surface area contributed by atoms with Crippen molar-refractivity contribution in [3.63, 3.8) is 0 Å². The topological polar surface area (TPSA) is 44.5 Å². The Kier molecular flexibility index (Phi) is 6.14. The summed E-state index contributed by atoms with van der Waals surface area (Å²) in [4.78, 5) is 3.71. The van der Waals surface area contributed by atoms with Crippen LogP contribution >= 0.6 is 11.6 Å². The Balaban J connectivity index is 1.83. The Morgan fingerprint density at radius 2 is 2.00 bits per heavy atom. The van der Waals surface area contributed by atoms with Crippen LogP contribution in [0.15, 0.2) is 53.3 Å². The molecule has 147 valence electrons. The van der Waals surface area contributed by atoms with Crippen LogP contribution in [0.1, 0.15) is 23.3 Å². The van der Waals surface area contributed by atoms with Crippen molar-refractivity contribution in [2.75, 3.05) is 0 Å². The molecule has 0 atom stereocenters. The Morgan fingerprint density at radius 1 is 1.18 bits per heavy atom. The minimum atomic E-state index is -4.53. The van der Waals surface area contributed by atoms with Crippen LogP contribution in [0.3, 0.4) is 0 Å². The number of hydrogen-bond acceptors (Lipinski definition) is 4.